The molecule has 24 atom stereocenters. The molecule has 1 aromatic rings. The van der Waals surface area contributed by atoms with E-state index in [9.17, 15) is 20.0 Å². The Hall–Kier alpha value is -2.11. The Bertz CT molecular complexity index is 2170. The molecule has 71 heavy (non-hydrogen) atoms. The Labute approximate surface area is 426 Å². The number of non-ortho nitro benzene ring substituents is 1. The van der Waals surface area contributed by atoms with E-state index < -0.39 is 4.92 Å². The molecule has 4 saturated heterocycles. The lowest BCUT2D eigenvalue weighted by molar-refractivity contribution is -0.384. The third kappa shape index (κ3) is 7.68. The number of benzene rings is 1. The highest BCUT2D eigenvalue weighted by Gasteiger charge is 2.71. The third-order valence-corrected chi connectivity index (χ3v) is 25.4. The van der Waals surface area contributed by atoms with Gasteiger partial charge in [-0.05, 0) is 220 Å². The van der Waals surface area contributed by atoms with Crippen molar-refractivity contribution >= 4 is 11.7 Å². The molecule has 0 amide bonds. The first-order valence-electron chi connectivity index (χ1n) is 29.6. The molecule has 1 aromatic carbocycles. The van der Waals surface area contributed by atoms with Crippen LogP contribution in [0.4, 0.5) is 5.69 Å². The van der Waals surface area contributed by atoms with Crippen molar-refractivity contribution in [1.29, 1.82) is 0 Å². The number of hydrogen-bond donors (Lipinski definition) is 1. The van der Waals surface area contributed by atoms with Crippen molar-refractivity contribution in [3.63, 3.8) is 0 Å². The Morgan fingerprint density at radius 2 is 1.07 bits per heavy atom. The quantitative estimate of drug-likeness (QED) is 0.179. The number of hydrogen-bond acceptors (Lipinski definition) is 9. The summed E-state index contributed by atoms with van der Waals surface area (Å²) < 4.78 is 32.8. The van der Waals surface area contributed by atoms with Crippen LogP contribution in [0.3, 0.4) is 0 Å². The number of esters is 1. The second-order valence-electron chi connectivity index (χ2n) is 28.4. The molecule has 0 radical (unpaired) electrons. The zero-order valence-electron chi connectivity index (χ0n) is 44.9. The number of aliphatic hydroxyl groups excluding tert-OH is 1. The Kier molecular flexibility index (Phi) is 12.4. The van der Waals surface area contributed by atoms with E-state index in [4.69, 9.17) is 23.7 Å². The summed E-state index contributed by atoms with van der Waals surface area (Å²) in [5.74, 6) is 8.72. The van der Waals surface area contributed by atoms with Crippen molar-refractivity contribution < 1.29 is 38.5 Å². The number of rotatable bonds is 3. The first-order chi connectivity index (χ1) is 33.8. The van der Waals surface area contributed by atoms with Gasteiger partial charge in [0.25, 0.3) is 5.69 Å². The highest BCUT2D eigenvalue weighted by atomic mass is 16.7. The van der Waals surface area contributed by atoms with Gasteiger partial charge in [0.1, 0.15) is 6.10 Å². The Morgan fingerprint density at radius 1 is 0.592 bits per heavy atom. The Morgan fingerprint density at radius 3 is 1.55 bits per heavy atom. The fourth-order valence-corrected chi connectivity index (χ4v) is 21.5. The van der Waals surface area contributed by atoms with Gasteiger partial charge in [-0.3, -0.25) is 10.1 Å². The summed E-state index contributed by atoms with van der Waals surface area (Å²) in [6, 6.07) is 5.75. The summed E-state index contributed by atoms with van der Waals surface area (Å²) in [4.78, 5) is 23.4. The number of ether oxygens (including phenoxy) is 5. The molecule has 0 bridgehead atoms. The molecular weight excluding hydrogens is 891 g/mol. The van der Waals surface area contributed by atoms with Crippen molar-refractivity contribution in [2.24, 2.45) is 105 Å². The van der Waals surface area contributed by atoms with Crippen LogP contribution in [0, 0.1) is 115 Å². The van der Waals surface area contributed by atoms with Gasteiger partial charge in [-0.25, -0.2) is 4.79 Å². The molecule has 8 saturated carbocycles. The topological polar surface area (TPSA) is 127 Å². The molecule has 4 aliphatic heterocycles. The fraction of sp³-hybridized carbons (Fsp3) is 0.885. The van der Waals surface area contributed by atoms with Gasteiger partial charge < -0.3 is 28.8 Å². The van der Waals surface area contributed by atoms with E-state index in [2.05, 4.69) is 55.4 Å². The number of carbonyl (C=O) groups excluding carboxylic acids is 1. The number of nitro benzene ring substituents is 1. The van der Waals surface area contributed by atoms with Crippen LogP contribution in [-0.2, 0) is 23.7 Å². The van der Waals surface area contributed by atoms with Gasteiger partial charge in [-0.2, -0.15) is 0 Å². The average molecular weight is 982 g/mol. The van der Waals surface area contributed by atoms with E-state index in [1.165, 1.54) is 108 Å². The van der Waals surface area contributed by atoms with Crippen LogP contribution in [0.25, 0.3) is 0 Å². The van der Waals surface area contributed by atoms with E-state index in [0.717, 1.165) is 99.6 Å². The van der Waals surface area contributed by atoms with Crippen LogP contribution in [0.1, 0.15) is 194 Å². The second-order valence-corrected chi connectivity index (χ2v) is 28.4. The molecule has 4 heterocycles. The lowest BCUT2D eigenvalue weighted by Gasteiger charge is -2.61. The van der Waals surface area contributed by atoms with E-state index >= 15 is 0 Å². The maximum Gasteiger partial charge on any atom is 0.338 e. The molecule has 8 aliphatic carbocycles. The van der Waals surface area contributed by atoms with Gasteiger partial charge in [0.15, 0.2) is 11.6 Å². The van der Waals surface area contributed by atoms with Crippen LogP contribution in [0.5, 0.6) is 0 Å². The third-order valence-electron chi connectivity index (χ3n) is 25.4. The molecule has 394 valence electrons. The van der Waals surface area contributed by atoms with Crippen LogP contribution in [-0.4, -0.2) is 65.2 Å². The lowest BCUT2D eigenvalue weighted by Crippen LogP contribution is -2.55. The van der Waals surface area contributed by atoms with Crippen LogP contribution < -0.4 is 0 Å². The predicted octanol–water partition coefficient (Wildman–Crippen LogP) is 13.4. The molecular formula is C61H91NO9. The largest absolute Gasteiger partial charge is 0.459 e. The SMILES string of the molecule is C[C@H]1CC[C@@]2(OC1)O[C@H]1C[C@H]3[C@@H]4CC[C@@H]5C[C@H](O)CC[C@]5(C)[C@H]4CC[C@]3(C)[C@H]1[C@@H]2C.C[C@H]1CC[C@@]2(OC1)O[C@H]1C[C@H]3[C@@H]4CC[C@@H]5C[C@H](OC(=O)c6ccc([N+](=O)[O-])cc6)CC[C@]5(C)[C@H]4CC[C@]3(C)[C@H]1[C@@H]2C. The molecule has 13 rings (SSSR count). The van der Waals surface area contributed by atoms with Crippen molar-refractivity contribution in [1.82, 2.24) is 0 Å². The number of carbonyl (C=O) groups is 1. The normalized spacial score (nSPS) is 54.4. The fourth-order valence-electron chi connectivity index (χ4n) is 21.5. The summed E-state index contributed by atoms with van der Waals surface area (Å²) in [7, 11) is 0. The van der Waals surface area contributed by atoms with Crippen molar-refractivity contribution in [2.45, 2.75) is 220 Å². The van der Waals surface area contributed by atoms with Gasteiger partial charge in [0.2, 0.25) is 0 Å². The molecule has 1 N–H and O–H groups in total. The van der Waals surface area contributed by atoms with E-state index in [1.54, 1.807) is 0 Å². The highest BCUT2D eigenvalue weighted by Crippen LogP contribution is 2.73. The van der Waals surface area contributed by atoms with E-state index in [-0.39, 0.29) is 35.4 Å². The minimum atomic E-state index is -0.450. The molecule has 10 heteroatoms. The molecule has 12 fully saturated rings. The van der Waals surface area contributed by atoms with Gasteiger partial charge in [-0.1, -0.05) is 55.4 Å². The van der Waals surface area contributed by atoms with Crippen molar-refractivity contribution in [2.75, 3.05) is 13.2 Å². The smallest absolute Gasteiger partial charge is 0.338 e. The number of nitro groups is 1. The highest BCUT2D eigenvalue weighted by molar-refractivity contribution is 5.89. The van der Waals surface area contributed by atoms with Gasteiger partial charge in [0, 0.05) is 36.8 Å². The summed E-state index contributed by atoms with van der Waals surface area (Å²) >= 11 is 0. The van der Waals surface area contributed by atoms with Crippen LogP contribution >= 0.6 is 0 Å². The van der Waals surface area contributed by atoms with E-state index in [1.807, 2.05) is 0 Å². The number of aliphatic hydroxyl groups is 1. The zero-order valence-corrected chi connectivity index (χ0v) is 44.9. The molecule has 10 nitrogen and oxygen atoms in total. The van der Waals surface area contributed by atoms with Crippen molar-refractivity contribution in [3.05, 3.63) is 39.9 Å². The zero-order chi connectivity index (χ0) is 49.6. The summed E-state index contributed by atoms with van der Waals surface area (Å²) in [6.07, 6.45) is 24.6. The molecule has 0 aromatic heterocycles. The number of nitrogens with zero attached hydrogens (tertiary/aromatic N) is 1. The maximum absolute atomic E-state index is 12.9. The van der Waals surface area contributed by atoms with Gasteiger partial charge in [-0.15, -0.1) is 0 Å². The molecule has 2 spiro atoms. The maximum atomic E-state index is 12.9. The Balaban J connectivity index is 0.000000153. The average Bonchev–Trinajstić information content (AvgIpc) is 4.01. The van der Waals surface area contributed by atoms with Crippen molar-refractivity contribution in [3.8, 4) is 0 Å². The van der Waals surface area contributed by atoms with Gasteiger partial charge in [0.05, 0.1) is 42.0 Å². The molecule has 12 aliphatic rings. The monoisotopic (exact) mass is 982 g/mol. The summed E-state index contributed by atoms with van der Waals surface area (Å²) in [6.45, 7) is 21.6. The molecule has 0 unspecified atom stereocenters. The van der Waals surface area contributed by atoms with Crippen LogP contribution in [0.2, 0.25) is 0 Å². The summed E-state index contributed by atoms with van der Waals surface area (Å²) in [5.41, 5.74) is 1.91. The lowest BCUT2D eigenvalue weighted by atomic mass is 9.44. The van der Waals surface area contributed by atoms with Crippen LogP contribution in [0.15, 0.2) is 24.3 Å². The standard InChI is InChI=1S/C34H47NO6.C27H44O3/c1-20-11-16-34(39-19-20)21(2)30-29(41-34)18-28-26-10-7-23-17-25(12-14-32(23,3)27(26)13-15-33(28,30)4)40-31(36)22-5-8-24(9-6-22)35(37)38;1-16-7-12-27(29-15-16)17(2)24-23(30-27)14-22-20-6-5-18-13-19(28)8-10-25(18,3)21(20)9-11-26(22,24)4/h5-6,8-9,20-21,23,25-30H,7,10-19H2,1-4H3;16-24,28H,5-15H2,1-4H3/t20-,21-,23+,25+,26+,27-,28-,29-,30-,32-,33-,34+;16-,17-,18+,19+,20+,21-,22-,23-,24-,25-,26-,27+/m00/s1. The minimum absolute atomic E-state index is 0.0151. The number of fused-ring (bicyclic) bond motifs is 14. The summed E-state index contributed by atoms with van der Waals surface area (Å²) in [5, 5.41) is 21.3. The minimum Gasteiger partial charge on any atom is -0.459 e. The van der Waals surface area contributed by atoms with Gasteiger partial charge >= 0.3 is 5.97 Å². The predicted molar refractivity (Wildman–Crippen MR) is 272 cm³/mol. The van der Waals surface area contributed by atoms with E-state index in [0.29, 0.717) is 80.9 Å². The first-order valence-corrected chi connectivity index (χ1v) is 29.6. The second kappa shape index (κ2) is 17.7. The first kappa shape index (κ1) is 49.7.